The largest absolute Gasteiger partial charge is 0.333 e. The molecule has 0 spiro atoms. The van der Waals surface area contributed by atoms with Crippen LogP contribution < -0.4 is 0 Å². The fraction of sp³-hybridized carbons (Fsp3) is 0.277. The molecule has 0 atom stereocenters. The summed E-state index contributed by atoms with van der Waals surface area (Å²) in [6.07, 6.45) is 7.71. The molecule has 0 bridgehead atoms. The van der Waals surface area contributed by atoms with E-state index >= 15 is 0 Å². The Balaban J connectivity index is 0.000000126. The summed E-state index contributed by atoms with van der Waals surface area (Å²) >= 11 is 29.9. The van der Waals surface area contributed by atoms with Gasteiger partial charge in [0.2, 0.25) is 35.0 Å². The van der Waals surface area contributed by atoms with Crippen molar-refractivity contribution in [3.05, 3.63) is 339 Å². The molecule has 10 heterocycles. The molecule has 132 heavy (non-hydrogen) atoms. The zero-order valence-electron chi connectivity index (χ0n) is 72.9. The molecule has 5 aliphatic heterocycles. The van der Waals surface area contributed by atoms with Crippen LogP contribution in [0.2, 0.25) is 25.1 Å². The number of rotatable bonds is 6. The van der Waals surface area contributed by atoms with Gasteiger partial charge < -0.3 is 47.3 Å². The van der Waals surface area contributed by atoms with Crippen molar-refractivity contribution >= 4 is 87.5 Å². The minimum Gasteiger partial charge on any atom is -0.333 e. The highest BCUT2D eigenvalue weighted by molar-refractivity contribution is 6.32. The molecule has 8 aromatic carbocycles. The molecule has 6 aliphatic rings. The molecule has 1 aliphatic carbocycles. The Hall–Kier alpha value is -14.0. The van der Waals surface area contributed by atoms with Crippen molar-refractivity contribution in [2.45, 2.75) is 138 Å². The summed E-state index contributed by atoms with van der Waals surface area (Å²) in [4.78, 5) is 72.0. The van der Waals surface area contributed by atoms with E-state index in [9.17, 15) is 28.4 Å². The van der Waals surface area contributed by atoms with E-state index in [2.05, 4.69) is 131 Å². The highest BCUT2D eigenvalue weighted by Crippen LogP contribution is 2.28. The molecule has 666 valence electrons. The first kappa shape index (κ1) is 92.7. The molecule has 25 nitrogen and oxygen atoms in total. The predicted molar refractivity (Wildman–Crippen MR) is 502 cm³/mol. The van der Waals surface area contributed by atoms with Crippen molar-refractivity contribution in [1.29, 1.82) is 0 Å². The number of fused-ring (bicyclic) bond motifs is 5. The summed E-state index contributed by atoms with van der Waals surface area (Å²) in [7, 11) is 0. The number of hydrogen-bond acceptors (Lipinski definition) is 15. The van der Waals surface area contributed by atoms with Gasteiger partial charge in [0.05, 0.1) is 32.7 Å². The van der Waals surface area contributed by atoms with Crippen LogP contribution in [-0.4, -0.2) is 161 Å². The van der Waals surface area contributed by atoms with Crippen molar-refractivity contribution in [2.24, 2.45) is 11.3 Å². The molecular weight excluding hydrogens is 1770 g/mol. The standard InChI is InChI=1S/C21H17ClN4O.C20H14ClFN4O.C20H15ClN4O.C20H21ClN4O.C20H23ClN4O/c1-15-4-2-6-17(12-15)21(27)25-10-11-26-19(23-24-20(26)14-25)9-8-16-5-3-7-18(22)13-16;21-16-5-2-4-15(12-16)20(27)25-9-10-26-18(23-24-19(26)13-25)8-7-14-3-1-6-17(22)11-14;21-17-8-4-5-15(13-17)9-10-18-22-23-19-14-24(11-12-25(18)19)20(26)16-6-2-1-3-7-16;21-17-8-4-7-16(13-17)20(26)24-11-12-25-18(22-23-19(25)14-24)10-9-15-5-2-1-3-6-15;1-20(2,3)10-9-19(26)24-11-12-25-17(22-23-18(25)14-24)8-7-15-5-4-6-16(21)13-15/h2-7,12-13H,10-11,14H2,1H3;1-6,11-12H,9-10,13H2;1-8,13H,11-12,14H2;4,7-8,13,15H,1-3,5-6,11-12,14H2;4-6,13H,9-12,14H2,1-3H3. The van der Waals surface area contributed by atoms with Gasteiger partial charge >= 0.3 is 0 Å². The van der Waals surface area contributed by atoms with E-state index < -0.39 is 0 Å². The van der Waals surface area contributed by atoms with Crippen LogP contribution in [0.25, 0.3) is 0 Å². The molecule has 0 radical (unpaired) electrons. The Morgan fingerprint density at radius 2 is 0.644 bits per heavy atom. The Kier molecular flexibility index (Phi) is 30.6. The molecule has 0 N–H and O–H groups in total. The van der Waals surface area contributed by atoms with E-state index in [0.29, 0.717) is 193 Å². The second-order valence-corrected chi connectivity index (χ2v) is 35.3. The smallest absolute Gasteiger partial charge is 0.254 e. The lowest BCUT2D eigenvalue weighted by atomic mass is 9.90. The summed E-state index contributed by atoms with van der Waals surface area (Å²) < 4.78 is 23.1. The van der Waals surface area contributed by atoms with Crippen molar-refractivity contribution in [3.63, 3.8) is 0 Å². The molecule has 1 saturated carbocycles. The third-order valence-corrected chi connectivity index (χ3v) is 23.5. The molecular formula is C101H90Cl5FN20O5. The van der Waals surface area contributed by atoms with E-state index in [1.54, 1.807) is 80.3 Å². The summed E-state index contributed by atoms with van der Waals surface area (Å²) in [6.45, 7) is 16.7. The Labute approximate surface area is 789 Å². The van der Waals surface area contributed by atoms with Crippen molar-refractivity contribution in [2.75, 3.05) is 32.7 Å². The van der Waals surface area contributed by atoms with Gasteiger partial charge in [-0.05, 0) is 195 Å². The van der Waals surface area contributed by atoms with Crippen LogP contribution in [0.5, 0.6) is 0 Å². The van der Waals surface area contributed by atoms with E-state index in [4.69, 9.17) is 58.0 Å². The number of benzene rings is 8. The highest BCUT2D eigenvalue weighted by Gasteiger charge is 2.31. The number of carbonyl (C=O) groups excluding carboxylic acids is 5. The van der Waals surface area contributed by atoms with Crippen LogP contribution >= 0.6 is 58.0 Å². The SMILES string of the molecule is CC(C)(C)CCC(=O)N1CCn2c(C#Cc3cccc(Cl)c3)nnc2C1.Cc1cccc(C(=O)N2CCn3c(C#Cc4cccc(Cl)c4)nnc3C2)c1.O=C(c1cccc(Cl)c1)N1CCn2c(C#CC3CCCCC3)nnc2C1.O=C(c1cccc(Cl)c1)N1CCn2c(C#Cc3cccc(F)c3)nnc2C1.O=C(c1ccccc1)N1CCn2c(C#Cc3cccc(Cl)c3)nnc2C1. The fourth-order valence-electron chi connectivity index (χ4n) is 15.3. The first-order chi connectivity index (χ1) is 63.9. The van der Waals surface area contributed by atoms with Gasteiger partial charge in [0, 0.05) is 147 Å². The average molecular weight is 1860 g/mol. The topological polar surface area (TPSA) is 255 Å². The Morgan fingerprint density at radius 3 is 1.00 bits per heavy atom. The fourth-order valence-corrected chi connectivity index (χ4v) is 16.3. The summed E-state index contributed by atoms with van der Waals surface area (Å²) in [5, 5.41) is 45.0. The van der Waals surface area contributed by atoms with Gasteiger partial charge in [-0.1, -0.05) is 200 Å². The van der Waals surface area contributed by atoms with E-state index in [-0.39, 0.29) is 40.8 Å². The molecule has 1 fully saturated rings. The number of aromatic nitrogens is 15. The average Bonchev–Trinajstić information content (AvgIpc) is 1.63. The van der Waals surface area contributed by atoms with E-state index in [1.807, 2.05) is 162 Å². The quantitative estimate of drug-likeness (QED) is 0.140. The van der Waals surface area contributed by atoms with Crippen LogP contribution in [0.1, 0.15) is 193 Å². The zero-order chi connectivity index (χ0) is 92.2. The molecule has 31 heteroatoms. The summed E-state index contributed by atoms with van der Waals surface area (Å²) in [6, 6.07) is 59.1. The molecule has 5 aromatic heterocycles. The Morgan fingerprint density at radius 1 is 0.333 bits per heavy atom. The maximum Gasteiger partial charge on any atom is 0.254 e. The van der Waals surface area contributed by atoms with Crippen molar-refractivity contribution in [1.82, 2.24) is 98.3 Å². The highest BCUT2D eigenvalue weighted by atomic mass is 35.5. The lowest BCUT2D eigenvalue weighted by Gasteiger charge is -2.28. The second kappa shape index (κ2) is 43.6. The normalized spacial score (nSPS) is 13.9. The first-order valence-corrected chi connectivity index (χ1v) is 45.1. The van der Waals surface area contributed by atoms with Crippen LogP contribution in [0.15, 0.2) is 200 Å². The van der Waals surface area contributed by atoms with Crippen LogP contribution in [-0.2, 0) is 70.2 Å². The Bertz CT molecular complexity index is 6620. The number of nitrogens with zero attached hydrogens (tertiary/aromatic N) is 20. The maximum atomic E-state index is 13.2. The molecule has 13 aromatic rings. The minimum atomic E-state index is -0.333. The second-order valence-electron chi connectivity index (χ2n) is 33.1. The third-order valence-electron chi connectivity index (χ3n) is 22.4. The summed E-state index contributed by atoms with van der Waals surface area (Å²) in [5.74, 6) is 37.8. The zero-order valence-corrected chi connectivity index (χ0v) is 76.7. The van der Waals surface area contributed by atoms with Gasteiger partial charge in [-0.3, -0.25) is 24.0 Å². The van der Waals surface area contributed by atoms with Crippen LogP contribution in [0, 0.1) is 83.3 Å². The van der Waals surface area contributed by atoms with Gasteiger partial charge in [0.15, 0.2) is 29.1 Å². The van der Waals surface area contributed by atoms with Crippen LogP contribution in [0.3, 0.4) is 0 Å². The number of halogens is 6. The monoisotopic (exact) mass is 1860 g/mol. The lowest BCUT2D eigenvalue weighted by Crippen LogP contribution is -2.38. The van der Waals surface area contributed by atoms with Gasteiger partial charge in [0.25, 0.3) is 23.6 Å². The van der Waals surface area contributed by atoms with Gasteiger partial charge in [-0.2, -0.15) is 0 Å². The molecule has 0 saturated heterocycles. The molecule has 5 amide bonds. The van der Waals surface area contributed by atoms with Gasteiger partial charge in [-0.25, -0.2) is 4.39 Å². The number of hydrogen-bond donors (Lipinski definition) is 0. The lowest BCUT2D eigenvalue weighted by molar-refractivity contribution is -0.133. The first-order valence-electron chi connectivity index (χ1n) is 43.2. The maximum absolute atomic E-state index is 13.2. The van der Waals surface area contributed by atoms with E-state index in [0.717, 1.165) is 57.8 Å². The van der Waals surface area contributed by atoms with Crippen LogP contribution in [0.4, 0.5) is 4.39 Å². The van der Waals surface area contributed by atoms with E-state index in [1.165, 1.54) is 44.2 Å². The predicted octanol–water partition coefficient (Wildman–Crippen LogP) is 16.4. The number of amides is 5. The van der Waals surface area contributed by atoms with Crippen molar-refractivity contribution < 1.29 is 28.4 Å². The van der Waals surface area contributed by atoms with Crippen molar-refractivity contribution in [3.8, 4) is 59.2 Å². The molecule has 19 rings (SSSR count). The number of aryl methyl sites for hydroxylation is 1. The summed E-state index contributed by atoms with van der Waals surface area (Å²) in [5.41, 5.74) is 6.81. The van der Waals surface area contributed by atoms with Gasteiger partial charge in [-0.15, -0.1) is 51.0 Å². The minimum absolute atomic E-state index is 0.00594. The third kappa shape index (κ3) is 24.7. The molecule has 0 unspecified atom stereocenters. The number of carbonyl (C=O) groups is 5. The van der Waals surface area contributed by atoms with Gasteiger partial charge in [0.1, 0.15) is 5.82 Å².